The number of rotatable bonds is 8. The second-order valence-corrected chi connectivity index (χ2v) is 7.32. The third kappa shape index (κ3) is 6.92. The average Bonchev–Trinajstić information content (AvgIpc) is 2.67. The maximum Gasteiger partial charge on any atom is 0.416 e. The zero-order valence-electron chi connectivity index (χ0n) is 16.6. The number of aryl methyl sites for hydroxylation is 1. The van der Waals surface area contributed by atoms with E-state index in [1.165, 1.54) is 12.1 Å². The number of hydrogen-bond acceptors (Lipinski definition) is 4. The van der Waals surface area contributed by atoms with E-state index in [1.807, 2.05) is 25.8 Å². The van der Waals surface area contributed by atoms with Crippen LogP contribution in [0, 0.1) is 6.92 Å². The van der Waals surface area contributed by atoms with Crippen molar-refractivity contribution in [2.75, 3.05) is 20.2 Å². The van der Waals surface area contributed by atoms with E-state index in [9.17, 15) is 13.2 Å². The lowest BCUT2D eigenvalue weighted by Gasteiger charge is -2.17. The van der Waals surface area contributed by atoms with E-state index >= 15 is 0 Å². The summed E-state index contributed by atoms with van der Waals surface area (Å²) < 4.78 is 50.2. The summed E-state index contributed by atoms with van der Waals surface area (Å²) in [5.74, 6) is 0.494. The molecule has 0 amide bonds. The summed E-state index contributed by atoms with van der Waals surface area (Å²) in [5.41, 5.74) is 0.640. The summed E-state index contributed by atoms with van der Waals surface area (Å²) >= 11 is 3.42. The largest absolute Gasteiger partial charge is 0.490 e. The first kappa shape index (κ1) is 23.0. The predicted octanol–water partition coefficient (Wildman–Crippen LogP) is 5.63. The SMILES string of the molecule is CCN(C)/C=N\c1cc(Br)c(OC(C)COc2cccc(C(F)(F)F)c2)nc1C. The summed E-state index contributed by atoms with van der Waals surface area (Å²) in [6, 6.07) is 6.54. The van der Waals surface area contributed by atoms with E-state index in [1.54, 1.807) is 19.3 Å². The van der Waals surface area contributed by atoms with Crippen molar-refractivity contribution in [2.24, 2.45) is 4.99 Å². The first-order valence-electron chi connectivity index (χ1n) is 8.98. The molecule has 0 fully saturated rings. The summed E-state index contributed by atoms with van der Waals surface area (Å²) in [6.45, 7) is 6.49. The van der Waals surface area contributed by atoms with Gasteiger partial charge in [-0.25, -0.2) is 9.98 Å². The van der Waals surface area contributed by atoms with Crippen molar-refractivity contribution in [3.05, 3.63) is 46.1 Å². The van der Waals surface area contributed by atoms with E-state index in [0.717, 1.165) is 18.7 Å². The van der Waals surface area contributed by atoms with E-state index < -0.39 is 17.8 Å². The predicted molar refractivity (Wildman–Crippen MR) is 110 cm³/mol. The minimum absolute atomic E-state index is 0.0652. The van der Waals surface area contributed by atoms with Crippen molar-refractivity contribution in [1.82, 2.24) is 9.88 Å². The van der Waals surface area contributed by atoms with Gasteiger partial charge in [-0.05, 0) is 61.0 Å². The molecule has 1 atom stereocenters. The fraction of sp³-hybridized carbons (Fsp3) is 0.400. The number of halogens is 4. The van der Waals surface area contributed by atoms with Crippen molar-refractivity contribution in [1.29, 1.82) is 0 Å². The van der Waals surface area contributed by atoms with Gasteiger partial charge in [0.1, 0.15) is 18.5 Å². The van der Waals surface area contributed by atoms with Gasteiger partial charge in [0.05, 0.1) is 27.8 Å². The van der Waals surface area contributed by atoms with Crippen LogP contribution in [0.2, 0.25) is 0 Å². The van der Waals surface area contributed by atoms with E-state index in [0.29, 0.717) is 21.7 Å². The number of ether oxygens (including phenoxy) is 2. The number of aromatic nitrogens is 1. The Labute approximate surface area is 176 Å². The third-order valence-corrected chi connectivity index (χ3v) is 4.53. The zero-order chi connectivity index (χ0) is 21.6. The summed E-state index contributed by atoms with van der Waals surface area (Å²) in [5, 5.41) is 0. The second-order valence-electron chi connectivity index (χ2n) is 6.46. The molecule has 5 nitrogen and oxygen atoms in total. The molecule has 0 bridgehead atoms. The fourth-order valence-corrected chi connectivity index (χ4v) is 2.60. The van der Waals surface area contributed by atoms with E-state index in [4.69, 9.17) is 9.47 Å². The van der Waals surface area contributed by atoms with E-state index in [-0.39, 0.29) is 12.4 Å². The van der Waals surface area contributed by atoms with Crippen molar-refractivity contribution < 1.29 is 22.6 Å². The van der Waals surface area contributed by atoms with Gasteiger partial charge in [0.15, 0.2) is 0 Å². The van der Waals surface area contributed by atoms with Crippen LogP contribution in [0.4, 0.5) is 18.9 Å². The average molecular weight is 474 g/mol. The van der Waals surface area contributed by atoms with Gasteiger partial charge in [-0.15, -0.1) is 0 Å². The number of alkyl halides is 3. The Morgan fingerprint density at radius 3 is 2.69 bits per heavy atom. The molecule has 0 aliphatic carbocycles. The van der Waals surface area contributed by atoms with Crippen LogP contribution in [-0.2, 0) is 6.18 Å². The molecule has 0 spiro atoms. The Hall–Kier alpha value is -2.29. The third-order valence-electron chi connectivity index (χ3n) is 3.96. The van der Waals surface area contributed by atoms with Gasteiger partial charge in [-0.3, -0.25) is 0 Å². The lowest BCUT2D eigenvalue weighted by atomic mass is 10.2. The molecule has 0 saturated carbocycles. The van der Waals surface area contributed by atoms with Crippen molar-refractivity contribution in [3.63, 3.8) is 0 Å². The van der Waals surface area contributed by atoms with Crippen molar-refractivity contribution in [3.8, 4) is 11.6 Å². The highest BCUT2D eigenvalue weighted by atomic mass is 79.9. The lowest BCUT2D eigenvalue weighted by Crippen LogP contribution is -2.22. The van der Waals surface area contributed by atoms with Crippen LogP contribution in [0.25, 0.3) is 0 Å². The van der Waals surface area contributed by atoms with E-state index in [2.05, 4.69) is 25.9 Å². The molecule has 2 aromatic rings. The molecule has 158 valence electrons. The molecule has 1 aromatic heterocycles. The van der Waals surface area contributed by atoms with Crippen LogP contribution < -0.4 is 9.47 Å². The molecule has 1 unspecified atom stereocenters. The zero-order valence-corrected chi connectivity index (χ0v) is 18.2. The van der Waals surface area contributed by atoms with Gasteiger partial charge in [0.2, 0.25) is 5.88 Å². The number of benzene rings is 1. The molecule has 2 rings (SSSR count). The smallest absolute Gasteiger partial charge is 0.416 e. The Balaban J connectivity index is 2.01. The second kappa shape index (κ2) is 9.96. The molecule has 0 radical (unpaired) electrons. The summed E-state index contributed by atoms with van der Waals surface area (Å²) in [4.78, 5) is 10.7. The number of nitrogens with zero attached hydrogens (tertiary/aromatic N) is 3. The molecule has 1 aromatic carbocycles. The molecule has 0 N–H and O–H groups in total. The van der Waals surface area contributed by atoms with Gasteiger partial charge in [-0.1, -0.05) is 6.07 Å². The highest BCUT2D eigenvalue weighted by Gasteiger charge is 2.30. The molecular formula is C20H23BrF3N3O2. The molecule has 0 saturated heterocycles. The van der Waals surface area contributed by atoms with Crippen molar-refractivity contribution >= 4 is 28.0 Å². The fourth-order valence-electron chi connectivity index (χ4n) is 2.21. The summed E-state index contributed by atoms with van der Waals surface area (Å²) in [7, 11) is 1.92. The van der Waals surface area contributed by atoms with Crippen molar-refractivity contribution in [2.45, 2.75) is 33.1 Å². The molecule has 29 heavy (non-hydrogen) atoms. The normalized spacial score (nSPS) is 12.8. The topological polar surface area (TPSA) is 47.0 Å². The summed E-state index contributed by atoms with van der Waals surface area (Å²) in [6.07, 6.45) is -3.12. The molecule has 0 aliphatic rings. The number of aliphatic imine (C=N–C) groups is 1. The molecule has 0 aliphatic heterocycles. The Morgan fingerprint density at radius 2 is 2.03 bits per heavy atom. The maximum absolute atomic E-state index is 12.8. The minimum Gasteiger partial charge on any atom is -0.490 e. The van der Waals surface area contributed by atoms with Crippen LogP contribution in [0.1, 0.15) is 25.1 Å². The van der Waals surface area contributed by atoms with Gasteiger partial charge in [0.25, 0.3) is 0 Å². The van der Waals surface area contributed by atoms with Gasteiger partial charge < -0.3 is 14.4 Å². The first-order chi connectivity index (χ1) is 13.6. The van der Waals surface area contributed by atoms with Gasteiger partial charge >= 0.3 is 6.18 Å². The van der Waals surface area contributed by atoms with Crippen LogP contribution in [0.3, 0.4) is 0 Å². The van der Waals surface area contributed by atoms with Crippen LogP contribution in [0.5, 0.6) is 11.6 Å². The molecular weight excluding hydrogens is 451 g/mol. The van der Waals surface area contributed by atoms with Gasteiger partial charge in [0, 0.05) is 13.6 Å². The Morgan fingerprint density at radius 1 is 1.31 bits per heavy atom. The standard InChI is InChI=1S/C20H23BrF3N3O2/c1-5-27(4)12-25-18-10-17(21)19(26-14(18)3)29-13(2)11-28-16-8-6-7-15(9-16)20(22,23)24/h6-10,12-13H,5,11H2,1-4H3/b25-12-. The van der Waals surface area contributed by atoms with Crippen LogP contribution in [-0.4, -0.2) is 42.5 Å². The molecule has 1 heterocycles. The number of hydrogen-bond donors (Lipinski definition) is 0. The first-order valence-corrected chi connectivity index (χ1v) is 9.77. The molecule has 9 heteroatoms. The lowest BCUT2D eigenvalue weighted by molar-refractivity contribution is -0.137. The number of pyridine rings is 1. The minimum atomic E-state index is -4.41. The quantitative estimate of drug-likeness (QED) is 0.368. The highest BCUT2D eigenvalue weighted by molar-refractivity contribution is 9.10. The highest BCUT2D eigenvalue weighted by Crippen LogP contribution is 2.32. The Kier molecular flexibility index (Phi) is 7.89. The monoisotopic (exact) mass is 473 g/mol. The van der Waals surface area contributed by atoms with Crippen LogP contribution in [0.15, 0.2) is 39.8 Å². The van der Waals surface area contributed by atoms with Crippen LogP contribution >= 0.6 is 15.9 Å². The maximum atomic E-state index is 12.8. The Bertz CT molecular complexity index is 859. The van der Waals surface area contributed by atoms with Gasteiger partial charge in [-0.2, -0.15) is 13.2 Å².